The molecule has 0 saturated carbocycles. The van der Waals surface area contributed by atoms with E-state index in [2.05, 4.69) is 46.5 Å². The molecule has 0 aliphatic carbocycles. The Kier molecular flexibility index (Phi) is 13.9. The van der Waals surface area contributed by atoms with Gasteiger partial charge in [0, 0.05) is 44.2 Å². The predicted octanol–water partition coefficient (Wildman–Crippen LogP) is 6.79. The number of likely N-dealkylation sites (tertiary alicyclic amines) is 1. The van der Waals surface area contributed by atoms with Crippen LogP contribution in [0.25, 0.3) is 0 Å². The number of hydrogen-bond acceptors (Lipinski definition) is 4. The van der Waals surface area contributed by atoms with Gasteiger partial charge in [-0.15, -0.1) is 0 Å². The highest BCUT2D eigenvalue weighted by atomic mass is 35.5. The lowest BCUT2D eigenvalue weighted by molar-refractivity contribution is 0.137. The number of allylic oxidation sites excluding steroid dienone is 2. The smallest absolute Gasteiger partial charge is 0.127 e. The molecule has 0 amide bonds. The number of halogens is 2. The SMILES string of the molecule is C=N/C=C(Cl)\C=N/CCC(CCCCCc1ccc(CC(=C)N2CC(CC)C2)c(F)c1)CCNC. The summed E-state index contributed by atoms with van der Waals surface area (Å²) < 4.78 is 14.7. The van der Waals surface area contributed by atoms with Gasteiger partial charge >= 0.3 is 0 Å². The van der Waals surface area contributed by atoms with Crippen LogP contribution in [-0.2, 0) is 12.8 Å². The molecule has 1 aliphatic rings. The fourth-order valence-corrected chi connectivity index (χ4v) is 4.70. The minimum Gasteiger partial charge on any atom is -0.374 e. The molecular weight excluding hydrogens is 459 g/mol. The molecule has 1 saturated heterocycles. The summed E-state index contributed by atoms with van der Waals surface area (Å²) in [6.07, 6.45) is 12.7. The zero-order valence-electron chi connectivity index (χ0n) is 21.7. The molecule has 1 heterocycles. The molecule has 1 fully saturated rings. The quantitative estimate of drug-likeness (QED) is 0.177. The first-order chi connectivity index (χ1) is 17.0. The largest absolute Gasteiger partial charge is 0.374 e. The number of nitrogens with zero attached hydrogens (tertiary/aromatic N) is 3. The van der Waals surface area contributed by atoms with E-state index in [1.165, 1.54) is 25.5 Å². The van der Waals surface area contributed by atoms with Crippen molar-refractivity contribution in [3.05, 3.63) is 58.7 Å². The molecule has 0 spiro atoms. The lowest BCUT2D eigenvalue weighted by atomic mass is 9.93. The molecule has 2 rings (SSSR count). The monoisotopic (exact) mass is 502 g/mol. The molecule has 35 heavy (non-hydrogen) atoms. The van der Waals surface area contributed by atoms with E-state index in [0.717, 1.165) is 81.0 Å². The predicted molar refractivity (Wildman–Crippen MR) is 150 cm³/mol. The van der Waals surface area contributed by atoms with Crippen molar-refractivity contribution in [2.75, 3.05) is 33.2 Å². The average molecular weight is 503 g/mol. The molecule has 4 nitrogen and oxygen atoms in total. The summed E-state index contributed by atoms with van der Waals surface area (Å²) in [5.41, 5.74) is 2.88. The molecule has 1 atom stereocenters. The fourth-order valence-electron chi connectivity index (χ4n) is 4.56. The summed E-state index contributed by atoms with van der Waals surface area (Å²) in [5, 5.41) is 3.76. The minimum atomic E-state index is -0.0947. The molecular formula is C29H44ClFN4. The highest BCUT2D eigenvalue weighted by Crippen LogP contribution is 2.25. The Balaban J connectivity index is 1.69. The normalized spacial score (nSPS) is 15.4. The molecule has 1 N–H and O–H groups in total. The summed E-state index contributed by atoms with van der Waals surface area (Å²) in [6, 6.07) is 5.77. The van der Waals surface area contributed by atoms with Gasteiger partial charge in [0.15, 0.2) is 0 Å². The van der Waals surface area contributed by atoms with Crippen LogP contribution in [0.5, 0.6) is 0 Å². The van der Waals surface area contributed by atoms with E-state index in [-0.39, 0.29) is 5.82 Å². The van der Waals surface area contributed by atoms with E-state index in [9.17, 15) is 4.39 Å². The second kappa shape index (κ2) is 16.6. The molecule has 1 aliphatic heterocycles. The van der Waals surface area contributed by atoms with Crippen LogP contribution in [0.3, 0.4) is 0 Å². The second-order valence-corrected chi connectivity index (χ2v) is 10.2. The van der Waals surface area contributed by atoms with Crippen molar-refractivity contribution < 1.29 is 4.39 Å². The maximum Gasteiger partial charge on any atom is 0.127 e. The van der Waals surface area contributed by atoms with Crippen LogP contribution in [0.1, 0.15) is 63.0 Å². The summed E-state index contributed by atoms with van der Waals surface area (Å²) in [7, 11) is 2.00. The first-order valence-corrected chi connectivity index (χ1v) is 13.5. The Hall–Kier alpha value is -1.98. The van der Waals surface area contributed by atoms with E-state index < -0.39 is 0 Å². The number of unbranched alkanes of at least 4 members (excludes halogenated alkanes) is 2. The Morgan fingerprint density at radius 1 is 1.26 bits per heavy atom. The van der Waals surface area contributed by atoms with Crippen LogP contribution in [0.2, 0.25) is 0 Å². The highest BCUT2D eigenvalue weighted by molar-refractivity contribution is 6.39. The second-order valence-electron chi connectivity index (χ2n) is 9.73. The average Bonchev–Trinajstić information content (AvgIpc) is 2.80. The van der Waals surface area contributed by atoms with Gasteiger partial charge in [-0.1, -0.05) is 56.5 Å². The van der Waals surface area contributed by atoms with Gasteiger partial charge in [-0.2, -0.15) is 0 Å². The van der Waals surface area contributed by atoms with Crippen molar-refractivity contribution in [2.24, 2.45) is 21.8 Å². The minimum absolute atomic E-state index is 0.0947. The Labute approximate surface area is 217 Å². The van der Waals surface area contributed by atoms with Crippen molar-refractivity contribution in [3.63, 3.8) is 0 Å². The Morgan fingerprint density at radius 2 is 2.06 bits per heavy atom. The van der Waals surface area contributed by atoms with Crippen molar-refractivity contribution in [3.8, 4) is 0 Å². The third-order valence-electron chi connectivity index (χ3n) is 6.97. The van der Waals surface area contributed by atoms with E-state index in [4.69, 9.17) is 11.6 Å². The van der Waals surface area contributed by atoms with E-state index >= 15 is 0 Å². The third-order valence-corrected chi connectivity index (χ3v) is 7.16. The van der Waals surface area contributed by atoms with Crippen molar-refractivity contribution in [1.29, 1.82) is 0 Å². The lowest BCUT2D eigenvalue weighted by Crippen LogP contribution is -2.45. The molecule has 1 aromatic carbocycles. The van der Waals surface area contributed by atoms with Crippen molar-refractivity contribution in [2.45, 2.75) is 64.7 Å². The van der Waals surface area contributed by atoms with Gasteiger partial charge in [0.2, 0.25) is 0 Å². The van der Waals surface area contributed by atoms with Gasteiger partial charge in [0.05, 0.1) is 5.03 Å². The van der Waals surface area contributed by atoms with Crippen LogP contribution < -0.4 is 5.32 Å². The highest BCUT2D eigenvalue weighted by Gasteiger charge is 2.26. The van der Waals surface area contributed by atoms with Gasteiger partial charge in [0.25, 0.3) is 0 Å². The van der Waals surface area contributed by atoms with Crippen LogP contribution in [0.4, 0.5) is 4.39 Å². The summed E-state index contributed by atoms with van der Waals surface area (Å²) in [6.45, 7) is 13.7. The van der Waals surface area contributed by atoms with Gasteiger partial charge in [-0.05, 0) is 81.4 Å². The summed E-state index contributed by atoms with van der Waals surface area (Å²) in [4.78, 5) is 10.3. The lowest BCUT2D eigenvalue weighted by Gasteiger charge is -2.42. The van der Waals surface area contributed by atoms with Crippen molar-refractivity contribution >= 4 is 24.5 Å². The van der Waals surface area contributed by atoms with Crippen molar-refractivity contribution in [1.82, 2.24) is 10.2 Å². The molecule has 194 valence electrons. The maximum absolute atomic E-state index is 14.7. The number of aryl methyl sites for hydroxylation is 1. The fraction of sp³-hybridized carbons (Fsp3) is 0.586. The zero-order valence-corrected chi connectivity index (χ0v) is 22.5. The Morgan fingerprint density at radius 3 is 2.74 bits per heavy atom. The maximum atomic E-state index is 14.7. The van der Waals surface area contributed by atoms with E-state index in [1.54, 1.807) is 12.3 Å². The number of aliphatic imine (C=N–C) groups is 2. The Bertz CT molecular complexity index is 845. The molecule has 0 radical (unpaired) electrons. The first kappa shape index (κ1) is 29.3. The van der Waals surface area contributed by atoms with Gasteiger partial charge < -0.3 is 10.2 Å². The van der Waals surface area contributed by atoms with Gasteiger partial charge in [0.1, 0.15) is 5.82 Å². The topological polar surface area (TPSA) is 40.0 Å². The number of nitrogens with one attached hydrogen (secondary N) is 1. The van der Waals surface area contributed by atoms with Gasteiger partial charge in [-0.25, -0.2) is 4.39 Å². The van der Waals surface area contributed by atoms with E-state index in [0.29, 0.717) is 17.4 Å². The molecule has 0 aromatic heterocycles. The number of benzene rings is 1. The van der Waals surface area contributed by atoms with Gasteiger partial charge in [-0.3, -0.25) is 9.98 Å². The summed E-state index contributed by atoms with van der Waals surface area (Å²) in [5.74, 6) is 1.32. The van der Waals surface area contributed by atoms with E-state index in [1.807, 2.05) is 13.1 Å². The molecule has 0 bridgehead atoms. The number of rotatable bonds is 18. The first-order valence-electron chi connectivity index (χ1n) is 13.1. The molecule has 1 unspecified atom stereocenters. The van der Waals surface area contributed by atoms with Crippen LogP contribution in [0, 0.1) is 17.7 Å². The molecule has 1 aromatic rings. The zero-order chi connectivity index (χ0) is 25.5. The standard InChI is InChI=1S/C29H44ClFN4/c1-5-24-21-35(22-24)23(2)17-27-12-11-26(18-29(27)31)10-8-6-7-9-25(13-15-32-3)14-16-34-20-28(30)19-33-4/h11-12,18-20,24-25,32H,2,4-10,13-17,21-22H2,1,3H3/b28-19+,34-20-. The van der Waals surface area contributed by atoms with Crippen LogP contribution >= 0.6 is 11.6 Å². The summed E-state index contributed by atoms with van der Waals surface area (Å²) >= 11 is 5.96. The van der Waals surface area contributed by atoms with Crippen LogP contribution in [-0.4, -0.2) is 51.1 Å². The molecule has 6 heteroatoms. The number of hydrogen-bond donors (Lipinski definition) is 1. The van der Waals surface area contributed by atoms with Crippen LogP contribution in [0.15, 0.2) is 51.7 Å². The third kappa shape index (κ3) is 11.1.